The fourth-order valence-electron chi connectivity index (χ4n) is 6.21. The Morgan fingerprint density at radius 3 is 2.38 bits per heavy atom. The number of benzene rings is 1. The molecule has 0 saturated carbocycles. The summed E-state index contributed by atoms with van der Waals surface area (Å²) >= 11 is 9.90. The highest BCUT2D eigenvalue weighted by Gasteiger charge is 2.39. The first-order valence-corrected chi connectivity index (χ1v) is 15.4. The summed E-state index contributed by atoms with van der Waals surface area (Å²) in [5.41, 5.74) is 3.82. The molecule has 1 N–H and O–H groups in total. The molecule has 8 nitrogen and oxygen atoms in total. The third-order valence-electron chi connectivity index (χ3n) is 8.22. The van der Waals surface area contributed by atoms with Crippen molar-refractivity contribution in [3.05, 3.63) is 62.3 Å². The molecule has 0 radical (unpaired) electrons. The van der Waals surface area contributed by atoms with Crippen LogP contribution in [0.1, 0.15) is 68.5 Å². The summed E-state index contributed by atoms with van der Waals surface area (Å²) in [5, 5.41) is 11.7. The molecule has 10 heteroatoms. The van der Waals surface area contributed by atoms with E-state index in [4.69, 9.17) is 16.3 Å². The standard InChI is InChI=1S/C30H39BrClN4O4/c1-30(2,3)40-29(38)35-10-8-20(9-11-35)16-26(37)33-12-14-34(15-13-33)28-25-7-6-24(32)18-21(25)4-5-22-17-23(31)19-36(39)27(22)28/h6-7,17-20,28,39H,4-5,8-16H2,1-3H3/q+1. The van der Waals surface area contributed by atoms with Gasteiger partial charge in [-0.15, -0.1) is 0 Å². The number of rotatable bonds is 3. The molecule has 2 amide bonds. The minimum Gasteiger partial charge on any atom is -0.444 e. The Kier molecular flexibility index (Phi) is 8.64. The molecule has 216 valence electrons. The number of fused-ring (bicyclic) bond motifs is 2. The monoisotopic (exact) mass is 633 g/mol. The molecule has 3 heterocycles. The maximum absolute atomic E-state index is 13.3. The number of halogens is 2. The van der Waals surface area contributed by atoms with Crippen molar-refractivity contribution in [3.63, 3.8) is 0 Å². The number of aryl methyl sites for hydroxylation is 2. The third kappa shape index (κ3) is 6.58. The number of likely N-dealkylation sites (tertiary alicyclic amines) is 1. The molecule has 3 aliphatic rings. The average Bonchev–Trinajstić information content (AvgIpc) is 3.05. The number of piperidine rings is 1. The summed E-state index contributed by atoms with van der Waals surface area (Å²) in [6, 6.07) is 8.02. The second-order valence-corrected chi connectivity index (χ2v) is 13.5. The van der Waals surface area contributed by atoms with E-state index in [1.54, 1.807) is 11.1 Å². The summed E-state index contributed by atoms with van der Waals surface area (Å²) in [5.74, 6) is 0.464. The van der Waals surface area contributed by atoms with Gasteiger partial charge in [-0.1, -0.05) is 17.7 Å². The lowest BCUT2D eigenvalue weighted by Crippen LogP contribution is -2.52. The van der Waals surface area contributed by atoms with E-state index in [1.165, 1.54) is 10.3 Å². The minimum atomic E-state index is -0.506. The Morgan fingerprint density at radius 1 is 1.02 bits per heavy atom. The molecule has 1 aromatic heterocycles. The van der Waals surface area contributed by atoms with Gasteiger partial charge in [-0.25, -0.2) is 4.79 Å². The lowest BCUT2D eigenvalue weighted by atomic mass is 9.93. The smallest absolute Gasteiger partial charge is 0.410 e. The van der Waals surface area contributed by atoms with Crippen LogP contribution in [0.2, 0.25) is 5.02 Å². The normalized spacial score (nSPS) is 20.5. The van der Waals surface area contributed by atoms with Crippen molar-refractivity contribution in [1.82, 2.24) is 14.7 Å². The van der Waals surface area contributed by atoms with Crippen molar-refractivity contribution >= 4 is 39.5 Å². The maximum Gasteiger partial charge on any atom is 0.410 e. The van der Waals surface area contributed by atoms with Gasteiger partial charge >= 0.3 is 6.09 Å². The molecule has 0 spiro atoms. The van der Waals surface area contributed by atoms with Crippen molar-refractivity contribution in [1.29, 1.82) is 0 Å². The van der Waals surface area contributed by atoms with Gasteiger partial charge in [0, 0.05) is 61.0 Å². The van der Waals surface area contributed by atoms with Crippen LogP contribution in [-0.4, -0.2) is 76.8 Å². The topological polar surface area (TPSA) is 77.2 Å². The Bertz CT molecular complexity index is 1270. The van der Waals surface area contributed by atoms with Crippen LogP contribution in [0, 0.1) is 5.92 Å². The van der Waals surface area contributed by atoms with Gasteiger partial charge in [0.15, 0.2) is 0 Å². The molecule has 40 heavy (non-hydrogen) atoms. The van der Waals surface area contributed by atoms with Gasteiger partial charge < -0.3 is 14.5 Å². The first-order chi connectivity index (χ1) is 19.0. The van der Waals surface area contributed by atoms with Gasteiger partial charge in [0.05, 0.1) is 4.47 Å². The summed E-state index contributed by atoms with van der Waals surface area (Å²) in [6.07, 6.45) is 5.23. The first-order valence-electron chi connectivity index (χ1n) is 14.2. The number of carbonyl (C=O) groups is 2. The molecule has 1 aliphatic carbocycles. The molecule has 0 bridgehead atoms. The fourth-order valence-corrected chi connectivity index (χ4v) is 6.87. The van der Waals surface area contributed by atoms with Gasteiger partial charge in [-0.05, 0) is 97.6 Å². The van der Waals surface area contributed by atoms with E-state index in [0.717, 1.165) is 47.0 Å². The van der Waals surface area contributed by atoms with Crippen LogP contribution < -0.4 is 4.73 Å². The number of carbonyl (C=O) groups excluding carboxylic acids is 2. The summed E-state index contributed by atoms with van der Waals surface area (Å²) in [6.45, 7) is 9.60. The first kappa shape index (κ1) is 29.1. The number of amides is 2. The van der Waals surface area contributed by atoms with E-state index in [2.05, 4.69) is 33.0 Å². The molecule has 1 atom stereocenters. The van der Waals surface area contributed by atoms with Crippen molar-refractivity contribution in [2.75, 3.05) is 39.3 Å². The third-order valence-corrected chi connectivity index (χ3v) is 8.89. The fraction of sp³-hybridized carbons (Fsp3) is 0.567. The molecule has 5 rings (SSSR count). The summed E-state index contributed by atoms with van der Waals surface area (Å²) in [4.78, 5) is 31.8. The number of ether oxygens (including phenoxy) is 1. The maximum atomic E-state index is 13.3. The lowest BCUT2D eigenvalue weighted by molar-refractivity contribution is -0.911. The zero-order valence-electron chi connectivity index (χ0n) is 23.5. The van der Waals surface area contributed by atoms with Crippen LogP contribution >= 0.6 is 27.5 Å². The molecular weight excluding hydrogens is 596 g/mol. The molecule has 1 aromatic carbocycles. The highest BCUT2D eigenvalue weighted by Crippen LogP contribution is 2.37. The van der Waals surface area contributed by atoms with Crippen molar-refractivity contribution in [2.24, 2.45) is 5.92 Å². The zero-order valence-corrected chi connectivity index (χ0v) is 25.9. The van der Waals surface area contributed by atoms with Crippen molar-refractivity contribution in [2.45, 2.75) is 64.5 Å². The molecular formula is C30H39BrClN4O4+. The number of nitrogens with zero attached hydrogens (tertiary/aromatic N) is 4. The zero-order chi connectivity index (χ0) is 28.6. The number of aromatic nitrogens is 1. The molecule has 2 fully saturated rings. The number of hydrogen-bond acceptors (Lipinski definition) is 5. The average molecular weight is 635 g/mol. The Labute approximate surface area is 249 Å². The van der Waals surface area contributed by atoms with Crippen molar-refractivity contribution in [3.8, 4) is 0 Å². The van der Waals surface area contributed by atoms with E-state index in [1.807, 2.05) is 37.8 Å². The van der Waals surface area contributed by atoms with Crippen LogP contribution in [0.3, 0.4) is 0 Å². The highest BCUT2D eigenvalue weighted by atomic mass is 79.9. The molecule has 2 saturated heterocycles. The number of piperazine rings is 1. The van der Waals surface area contributed by atoms with Gasteiger partial charge in [-0.3, -0.25) is 14.9 Å². The Hall–Kier alpha value is -2.36. The molecule has 2 aliphatic heterocycles. The van der Waals surface area contributed by atoms with E-state index in [9.17, 15) is 14.8 Å². The van der Waals surface area contributed by atoms with Crippen LogP contribution in [0.15, 0.2) is 34.9 Å². The van der Waals surface area contributed by atoms with E-state index in [0.29, 0.717) is 50.7 Å². The molecule has 2 aromatic rings. The van der Waals surface area contributed by atoms with E-state index in [-0.39, 0.29) is 24.0 Å². The van der Waals surface area contributed by atoms with Gasteiger partial charge in [0.2, 0.25) is 12.1 Å². The van der Waals surface area contributed by atoms with Gasteiger partial charge in [-0.2, -0.15) is 0 Å². The largest absolute Gasteiger partial charge is 0.444 e. The van der Waals surface area contributed by atoms with Crippen LogP contribution in [0.5, 0.6) is 0 Å². The van der Waals surface area contributed by atoms with Crippen LogP contribution in [-0.2, 0) is 22.4 Å². The molecule has 1 unspecified atom stereocenters. The Balaban J connectivity index is 1.23. The summed E-state index contributed by atoms with van der Waals surface area (Å²) in [7, 11) is 0. The highest BCUT2D eigenvalue weighted by molar-refractivity contribution is 9.10. The van der Waals surface area contributed by atoms with E-state index < -0.39 is 5.60 Å². The number of hydrogen-bond donors (Lipinski definition) is 1. The lowest BCUT2D eigenvalue weighted by Gasteiger charge is -2.39. The predicted molar refractivity (Wildman–Crippen MR) is 156 cm³/mol. The van der Waals surface area contributed by atoms with Crippen LogP contribution in [0.25, 0.3) is 0 Å². The quantitative estimate of drug-likeness (QED) is 0.380. The summed E-state index contributed by atoms with van der Waals surface area (Å²) < 4.78 is 7.60. The van der Waals surface area contributed by atoms with Crippen LogP contribution in [0.4, 0.5) is 4.79 Å². The van der Waals surface area contributed by atoms with Gasteiger partial charge in [0.25, 0.3) is 5.69 Å². The number of pyridine rings is 1. The second kappa shape index (κ2) is 11.9. The van der Waals surface area contributed by atoms with Crippen molar-refractivity contribution < 1.29 is 24.3 Å². The van der Waals surface area contributed by atoms with E-state index >= 15 is 0 Å². The Morgan fingerprint density at radius 2 is 1.70 bits per heavy atom. The predicted octanol–water partition coefficient (Wildman–Crippen LogP) is 5.00. The second-order valence-electron chi connectivity index (χ2n) is 12.2. The SMILES string of the molecule is CC(C)(C)OC(=O)N1CCC(CC(=O)N2CCN(C3c4ccc(Cl)cc4CCc4cc(Br)c[n+](O)c43)CC2)CC1. The van der Waals surface area contributed by atoms with Gasteiger partial charge in [0.1, 0.15) is 11.6 Å². The minimum absolute atomic E-state index is 0.127.